The van der Waals surface area contributed by atoms with Gasteiger partial charge >= 0.3 is 5.97 Å². The van der Waals surface area contributed by atoms with Crippen LogP contribution in [0.4, 0.5) is 0 Å². The molecule has 20 heavy (non-hydrogen) atoms. The molecular weight excluding hydrogens is 274 g/mol. The molecule has 1 atom stereocenters. The number of rotatable bonds is 3. The molecule has 5 heteroatoms. The summed E-state index contributed by atoms with van der Waals surface area (Å²) in [6.07, 6.45) is 2.97. The lowest BCUT2D eigenvalue weighted by atomic mass is 9.90. The van der Waals surface area contributed by atoms with E-state index in [9.17, 15) is 9.59 Å². The van der Waals surface area contributed by atoms with E-state index in [1.807, 2.05) is 24.0 Å². The Balaban J connectivity index is 1.53. The molecule has 1 aliphatic heterocycles. The molecule has 3 rings (SSSR count). The number of aryl methyl sites for hydroxylation is 1. The maximum atomic E-state index is 12.2. The van der Waals surface area contributed by atoms with Gasteiger partial charge in [-0.05, 0) is 43.7 Å². The number of carboxylic acid groups (broad SMARTS) is 1. The molecule has 0 bridgehead atoms. The van der Waals surface area contributed by atoms with Crippen LogP contribution in [-0.2, 0) is 16.0 Å². The Kier molecular flexibility index (Phi) is 3.32. The molecule has 0 radical (unpaired) electrons. The summed E-state index contributed by atoms with van der Waals surface area (Å²) >= 11 is 1.67. The minimum Gasteiger partial charge on any atom is -0.481 e. The zero-order valence-corrected chi connectivity index (χ0v) is 12.4. The molecule has 1 saturated carbocycles. The van der Waals surface area contributed by atoms with E-state index in [2.05, 4.69) is 0 Å². The lowest BCUT2D eigenvalue weighted by Gasteiger charge is -2.32. The van der Waals surface area contributed by atoms with E-state index in [0.717, 1.165) is 24.1 Å². The van der Waals surface area contributed by atoms with E-state index in [0.29, 0.717) is 19.5 Å². The van der Waals surface area contributed by atoms with E-state index in [1.54, 1.807) is 11.3 Å². The Labute approximate surface area is 122 Å². The molecule has 0 aromatic carbocycles. The molecular formula is C15H19NO3S. The molecule has 2 fully saturated rings. The van der Waals surface area contributed by atoms with Gasteiger partial charge in [0.25, 0.3) is 0 Å². The van der Waals surface area contributed by atoms with Crippen LogP contribution in [0, 0.1) is 18.3 Å². The van der Waals surface area contributed by atoms with Crippen LogP contribution in [-0.4, -0.2) is 35.0 Å². The maximum Gasteiger partial charge on any atom is 0.307 e. The summed E-state index contributed by atoms with van der Waals surface area (Å²) in [5.74, 6) is -0.659. The number of nitrogens with zero attached hydrogens (tertiary/aromatic N) is 1. The summed E-state index contributed by atoms with van der Waals surface area (Å²) in [4.78, 5) is 27.5. The Morgan fingerprint density at radius 1 is 1.40 bits per heavy atom. The summed E-state index contributed by atoms with van der Waals surface area (Å²) < 4.78 is 0. The second-order valence-corrected chi connectivity index (χ2v) is 7.40. The number of hydrogen-bond donors (Lipinski definition) is 1. The van der Waals surface area contributed by atoms with Gasteiger partial charge in [0.15, 0.2) is 0 Å². The average molecular weight is 293 g/mol. The van der Waals surface area contributed by atoms with Crippen molar-refractivity contribution in [3.63, 3.8) is 0 Å². The Morgan fingerprint density at radius 2 is 2.10 bits per heavy atom. The molecule has 108 valence electrons. The van der Waals surface area contributed by atoms with Crippen LogP contribution in [0.2, 0.25) is 0 Å². The van der Waals surface area contributed by atoms with Gasteiger partial charge in [0.05, 0.1) is 12.3 Å². The molecule has 1 saturated heterocycles. The van der Waals surface area contributed by atoms with Crippen molar-refractivity contribution in [2.24, 2.45) is 11.3 Å². The molecule has 4 nitrogen and oxygen atoms in total. The van der Waals surface area contributed by atoms with Gasteiger partial charge in [0, 0.05) is 22.8 Å². The molecule has 1 aliphatic carbocycles. The minimum absolute atomic E-state index is 0.00212. The highest BCUT2D eigenvalue weighted by molar-refractivity contribution is 7.12. The number of carbonyl (C=O) groups is 2. The summed E-state index contributed by atoms with van der Waals surface area (Å²) in [6, 6.07) is 4.06. The van der Waals surface area contributed by atoms with Gasteiger partial charge in [-0.25, -0.2) is 0 Å². The van der Waals surface area contributed by atoms with Gasteiger partial charge < -0.3 is 10.0 Å². The second-order valence-electron chi connectivity index (χ2n) is 6.03. The van der Waals surface area contributed by atoms with Crippen molar-refractivity contribution in [3.8, 4) is 0 Å². The molecule has 1 amide bonds. The zero-order valence-electron chi connectivity index (χ0n) is 11.6. The first-order valence-corrected chi connectivity index (χ1v) is 7.88. The minimum atomic E-state index is -0.668. The molecule has 2 heterocycles. The Bertz CT molecular complexity index is 543. The van der Waals surface area contributed by atoms with Gasteiger partial charge in [-0.3, -0.25) is 9.59 Å². The standard InChI is InChI=1S/C15H19NO3S/c1-10-2-3-11(20-10)8-13(17)16-6-4-15(5-7-16)9-12(15)14(18)19/h2-3,12H,4-9H2,1H3,(H,18,19). The summed E-state index contributed by atoms with van der Waals surface area (Å²) in [7, 11) is 0. The van der Waals surface area contributed by atoms with Crippen LogP contribution in [0.15, 0.2) is 12.1 Å². The normalized spacial score (nSPS) is 23.9. The lowest BCUT2D eigenvalue weighted by Crippen LogP contribution is -2.40. The van der Waals surface area contributed by atoms with Crippen LogP contribution in [0.3, 0.4) is 0 Å². The number of amides is 1. The number of thiophene rings is 1. The highest BCUT2D eigenvalue weighted by atomic mass is 32.1. The van der Waals surface area contributed by atoms with E-state index < -0.39 is 5.97 Å². The van der Waals surface area contributed by atoms with Crippen LogP contribution in [0.1, 0.15) is 29.0 Å². The zero-order chi connectivity index (χ0) is 14.3. The summed E-state index contributed by atoms with van der Waals surface area (Å²) in [5, 5.41) is 9.06. The third-order valence-electron chi connectivity index (χ3n) is 4.72. The molecule has 1 N–H and O–H groups in total. The maximum absolute atomic E-state index is 12.2. The van der Waals surface area contributed by atoms with Crippen molar-refractivity contribution < 1.29 is 14.7 Å². The first-order chi connectivity index (χ1) is 9.50. The van der Waals surface area contributed by atoms with Gasteiger partial charge in [-0.2, -0.15) is 0 Å². The smallest absolute Gasteiger partial charge is 0.307 e. The van der Waals surface area contributed by atoms with Gasteiger partial charge in [-0.15, -0.1) is 11.3 Å². The number of likely N-dealkylation sites (tertiary alicyclic amines) is 1. The van der Waals surface area contributed by atoms with E-state index in [1.165, 1.54) is 4.88 Å². The quantitative estimate of drug-likeness (QED) is 0.930. The van der Waals surface area contributed by atoms with Crippen molar-refractivity contribution in [2.45, 2.75) is 32.6 Å². The summed E-state index contributed by atoms with van der Waals surface area (Å²) in [5.41, 5.74) is 0.00212. The second kappa shape index (κ2) is 4.88. The molecule has 1 aromatic rings. The number of carbonyl (C=O) groups excluding carboxylic acids is 1. The van der Waals surface area contributed by atoms with Gasteiger partial charge in [-0.1, -0.05) is 0 Å². The monoisotopic (exact) mass is 293 g/mol. The van der Waals surface area contributed by atoms with Crippen LogP contribution < -0.4 is 0 Å². The largest absolute Gasteiger partial charge is 0.481 e. The number of piperidine rings is 1. The van der Waals surface area contributed by atoms with Crippen molar-refractivity contribution in [1.29, 1.82) is 0 Å². The Morgan fingerprint density at radius 3 is 2.60 bits per heavy atom. The van der Waals surface area contributed by atoms with E-state index in [-0.39, 0.29) is 17.2 Å². The fourth-order valence-electron chi connectivity index (χ4n) is 3.29. The Hall–Kier alpha value is -1.36. The van der Waals surface area contributed by atoms with Gasteiger partial charge in [0.1, 0.15) is 0 Å². The van der Waals surface area contributed by atoms with Crippen LogP contribution >= 0.6 is 11.3 Å². The number of aliphatic carboxylic acids is 1. The van der Waals surface area contributed by atoms with E-state index in [4.69, 9.17) is 5.11 Å². The average Bonchev–Trinajstić information content (AvgIpc) is 2.96. The van der Waals surface area contributed by atoms with Crippen molar-refractivity contribution in [1.82, 2.24) is 4.90 Å². The fourth-order valence-corrected chi connectivity index (χ4v) is 4.17. The highest BCUT2D eigenvalue weighted by Crippen LogP contribution is 2.59. The van der Waals surface area contributed by atoms with Gasteiger partial charge in [0.2, 0.25) is 5.91 Å². The topological polar surface area (TPSA) is 57.6 Å². The molecule has 1 unspecified atom stereocenters. The summed E-state index contributed by atoms with van der Waals surface area (Å²) in [6.45, 7) is 3.47. The highest BCUT2D eigenvalue weighted by Gasteiger charge is 2.59. The predicted octanol–water partition coefficient (Wildman–Crippen LogP) is 2.31. The van der Waals surface area contributed by atoms with Crippen LogP contribution in [0.25, 0.3) is 0 Å². The van der Waals surface area contributed by atoms with E-state index >= 15 is 0 Å². The van der Waals surface area contributed by atoms with Crippen molar-refractivity contribution in [2.75, 3.05) is 13.1 Å². The first kappa shape index (κ1) is 13.6. The molecule has 1 spiro atoms. The van der Waals surface area contributed by atoms with Crippen molar-refractivity contribution >= 4 is 23.2 Å². The third kappa shape index (κ3) is 2.46. The lowest BCUT2D eigenvalue weighted by molar-refractivity contribution is -0.139. The predicted molar refractivity (Wildman–Crippen MR) is 76.7 cm³/mol. The van der Waals surface area contributed by atoms with Crippen LogP contribution in [0.5, 0.6) is 0 Å². The third-order valence-corrected chi connectivity index (χ3v) is 5.72. The number of hydrogen-bond acceptors (Lipinski definition) is 3. The number of carboxylic acids is 1. The molecule has 2 aliphatic rings. The van der Waals surface area contributed by atoms with Crippen molar-refractivity contribution in [3.05, 3.63) is 21.9 Å². The first-order valence-electron chi connectivity index (χ1n) is 7.06. The molecule has 1 aromatic heterocycles. The SMILES string of the molecule is Cc1ccc(CC(=O)N2CCC3(CC2)CC3C(=O)O)s1. The fraction of sp³-hybridized carbons (Fsp3) is 0.600.